The maximum Gasteiger partial charge on any atom is 0.416 e. The number of hydrogen-bond acceptors (Lipinski definition) is 2. The summed E-state index contributed by atoms with van der Waals surface area (Å²) in [6.45, 7) is 26.3. The number of alkyl halides is 6. The van der Waals surface area contributed by atoms with Crippen LogP contribution in [0.1, 0.15) is 156 Å². The molecule has 4 nitrogen and oxygen atoms in total. The number of aromatic amines is 2. The van der Waals surface area contributed by atoms with Gasteiger partial charge in [0.25, 0.3) is 0 Å². The van der Waals surface area contributed by atoms with Crippen LogP contribution >= 0.6 is 0 Å². The van der Waals surface area contributed by atoms with Crippen molar-refractivity contribution < 1.29 is 26.3 Å². The lowest BCUT2D eigenvalue weighted by atomic mass is 9.78. The Morgan fingerprint density at radius 3 is 1.27 bits per heavy atom. The standard InChI is InChI=1S/C64H60F6N4/c1-59(2,3)41-27-37(28-42(31-41)60(4,5)6)54-48-23-21-45(71-48)33-46-22-24-49(72-46)55(38-29-43(61(7,8)9)32-44(30-38)62(10,11)12)52-34-47-53(35-13-17-39(18-14-35)63(65,66)67)56(36-15-19-40(20-16-36)64(68,69)70)57(58(47)74-52)51-26-25-50(54)73-51/h13-34,71,73H,1-12H3. The van der Waals surface area contributed by atoms with Crippen LogP contribution in [0, 0.1) is 0 Å². The number of benzene rings is 4. The quantitative estimate of drug-likeness (QED) is 0.173. The fraction of sp³-hybridized carbons (Fsp3) is 0.281. The van der Waals surface area contributed by atoms with Crippen molar-refractivity contribution in [3.63, 3.8) is 0 Å². The van der Waals surface area contributed by atoms with Crippen LogP contribution in [0.25, 0.3) is 79.3 Å². The Balaban J connectivity index is 1.40. The highest BCUT2D eigenvalue weighted by Gasteiger charge is 2.37. The first-order valence-electron chi connectivity index (χ1n) is 25.0. The molecule has 2 N–H and O–H groups in total. The van der Waals surface area contributed by atoms with Gasteiger partial charge in [-0.1, -0.05) is 144 Å². The molecule has 4 aromatic carbocycles. The molecule has 0 atom stereocenters. The number of nitrogens with zero attached hydrogens (tertiary/aromatic N) is 2. The van der Waals surface area contributed by atoms with Gasteiger partial charge in [-0.2, -0.15) is 26.3 Å². The monoisotopic (exact) mass is 998 g/mol. The second-order valence-corrected chi connectivity index (χ2v) is 24.0. The number of allylic oxidation sites excluding steroid dienone is 2. The molecule has 5 heterocycles. The summed E-state index contributed by atoms with van der Waals surface area (Å²) in [5, 5.41) is 0. The largest absolute Gasteiger partial charge is 0.416 e. The average molecular weight is 999 g/mol. The van der Waals surface area contributed by atoms with Gasteiger partial charge in [-0.25, -0.2) is 9.97 Å². The van der Waals surface area contributed by atoms with E-state index < -0.39 is 23.5 Å². The van der Waals surface area contributed by atoms with Gasteiger partial charge in [0.15, 0.2) is 0 Å². The minimum Gasteiger partial charge on any atom is -0.355 e. The van der Waals surface area contributed by atoms with Crippen molar-refractivity contribution in [1.29, 1.82) is 0 Å². The molecule has 0 unspecified atom stereocenters. The van der Waals surface area contributed by atoms with E-state index in [2.05, 4.69) is 136 Å². The normalized spacial score (nSPS) is 14.3. The summed E-state index contributed by atoms with van der Waals surface area (Å²) in [5.74, 6) is 0. The van der Waals surface area contributed by atoms with Crippen LogP contribution in [0.2, 0.25) is 0 Å². The van der Waals surface area contributed by atoms with E-state index in [4.69, 9.17) is 9.97 Å². The van der Waals surface area contributed by atoms with Crippen molar-refractivity contribution in [1.82, 2.24) is 19.9 Å². The number of fused-ring (bicyclic) bond motifs is 8. The number of hydrogen-bond donors (Lipinski definition) is 2. The number of nitrogens with one attached hydrogen (secondary N) is 2. The Hall–Kier alpha value is -7.20. The van der Waals surface area contributed by atoms with Crippen LogP contribution in [0.3, 0.4) is 0 Å². The highest BCUT2D eigenvalue weighted by atomic mass is 19.4. The van der Waals surface area contributed by atoms with Gasteiger partial charge < -0.3 is 9.97 Å². The molecular formula is C64H60F6N4. The molecule has 3 aromatic heterocycles. The Morgan fingerprint density at radius 2 is 0.797 bits per heavy atom. The van der Waals surface area contributed by atoms with Crippen LogP contribution in [0.4, 0.5) is 26.3 Å². The zero-order chi connectivity index (χ0) is 53.2. The molecule has 74 heavy (non-hydrogen) atoms. The summed E-state index contributed by atoms with van der Waals surface area (Å²) in [5.41, 5.74) is 14.3. The van der Waals surface area contributed by atoms with Gasteiger partial charge in [0.2, 0.25) is 0 Å². The third kappa shape index (κ3) is 9.37. The molecule has 0 fully saturated rings. The van der Waals surface area contributed by atoms with Crippen LogP contribution in [0.15, 0.2) is 115 Å². The zero-order valence-corrected chi connectivity index (χ0v) is 43.9. The summed E-state index contributed by atoms with van der Waals surface area (Å²) in [6, 6.07) is 33.4. The Kier molecular flexibility index (Phi) is 11.7. The molecule has 8 bridgehead atoms. The first-order valence-corrected chi connectivity index (χ1v) is 25.0. The molecular weight excluding hydrogens is 939 g/mol. The van der Waals surface area contributed by atoms with E-state index in [1.807, 2.05) is 42.5 Å². The van der Waals surface area contributed by atoms with Crippen molar-refractivity contribution in [2.75, 3.05) is 0 Å². The summed E-state index contributed by atoms with van der Waals surface area (Å²) in [4.78, 5) is 18.4. The van der Waals surface area contributed by atoms with E-state index >= 15 is 0 Å². The average Bonchev–Trinajstić information content (AvgIpc) is 4.16. The third-order valence-electron chi connectivity index (χ3n) is 14.4. The van der Waals surface area contributed by atoms with Crippen molar-refractivity contribution in [2.24, 2.45) is 0 Å². The molecule has 7 aromatic rings. The summed E-state index contributed by atoms with van der Waals surface area (Å²) < 4.78 is 85.4. The van der Waals surface area contributed by atoms with E-state index in [0.29, 0.717) is 56.0 Å². The minimum absolute atomic E-state index is 0.197. The molecule has 10 heteroatoms. The van der Waals surface area contributed by atoms with Gasteiger partial charge in [0, 0.05) is 49.9 Å². The summed E-state index contributed by atoms with van der Waals surface area (Å²) in [7, 11) is 0. The smallest absolute Gasteiger partial charge is 0.355 e. The van der Waals surface area contributed by atoms with Crippen LogP contribution in [-0.2, 0) is 34.0 Å². The predicted molar refractivity (Wildman–Crippen MR) is 292 cm³/mol. The molecule has 0 saturated carbocycles. The maximum absolute atomic E-state index is 14.2. The van der Waals surface area contributed by atoms with Crippen molar-refractivity contribution >= 4 is 57.0 Å². The molecule has 0 spiro atoms. The second-order valence-electron chi connectivity index (χ2n) is 24.0. The molecule has 0 radical (unpaired) electrons. The predicted octanol–water partition coefficient (Wildman–Crippen LogP) is 18.6. The van der Waals surface area contributed by atoms with Gasteiger partial charge >= 0.3 is 12.4 Å². The molecule has 10 rings (SSSR count). The van der Waals surface area contributed by atoms with E-state index in [-0.39, 0.29) is 21.7 Å². The van der Waals surface area contributed by atoms with Crippen molar-refractivity contribution in [2.45, 2.75) is 117 Å². The van der Waals surface area contributed by atoms with Gasteiger partial charge in [0.05, 0.1) is 33.9 Å². The minimum atomic E-state index is -4.60. The lowest BCUT2D eigenvalue weighted by Gasteiger charge is -2.26. The molecule has 0 saturated heterocycles. The van der Waals surface area contributed by atoms with Gasteiger partial charge in [-0.3, -0.25) is 0 Å². The van der Waals surface area contributed by atoms with Gasteiger partial charge in [-0.05, 0) is 145 Å². The third-order valence-corrected chi connectivity index (χ3v) is 14.4. The highest BCUT2D eigenvalue weighted by molar-refractivity contribution is 6.29. The van der Waals surface area contributed by atoms with E-state index in [1.165, 1.54) is 24.3 Å². The van der Waals surface area contributed by atoms with E-state index in [0.717, 1.165) is 91.0 Å². The first-order chi connectivity index (χ1) is 34.4. The van der Waals surface area contributed by atoms with Crippen LogP contribution < -0.4 is 0 Å². The summed E-state index contributed by atoms with van der Waals surface area (Å²) >= 11 is 0. The number of rotatable bonds is 4. The molecule has 0 amide bonds. The molecule has 378 valence electrons. The number of halogens is 6. The fourth-order valence-corrected chi connectivity index (χ4v) is 10.1. The summed E-state index contributed by atoms with van der Waals surface area (Å²) in [6.07, 6.45) is -3.26. The van der Waals surface area contributed by atoms with E-state index in [1.54, 1.807) is 0 Å². The molecule has 1 aliphatic carbocycles. The SMILES string of the molecule is CC(C)(C)c1cc(-c2c3nc(cc4ccc([nH]4)c(-c4cc(C(C)(C)C)cc(C(C)(C)C)c4)c4ccc([nH]4)c4c5nc2C=C5C(c2ccc(C(F)(F)F)cc2)=C4c2ccc(C(F)(F)F)cc2)C=C3)cc(C(C)(C)C)c1. The van der Waals surface area contributed by atoms with Gasteiger partial charge in [-0.15, -0.1) is 0 Å². The van der Waals surface area contributed by atoms with Crippen LogP contribution in [-0.4, -0.2) is 19.9 Å². The van der Waals surface area contributed by atoms with Crippen molar-refractivity contribution in [3.05, 3.63) is 188 Å². The van der Waals surface area contributed by atoms with E-state index in [9.17, 15) is 26.3 Å². The fourth-order valence-electron chi connectivity index (χ4n) is 10.1. The first kappa shape index (κ1) is 50.3. The topological polar surface area (TPSA) is 57.4 Å². The maximum atomic E-state index is 14.2. The second kappa shape index (κ2) is 17.2. The number of aromatic nitrogens is 4. The highest BCUT2D eigenvalue weighted by Crippen LogP contribution is 2.53. The van der Waals surface area contributed by atoms with Crippen LogP contribution in [0.5, 0.6) is 0 Å². The Bertz CT molecular complexity index is 3630. The number of H-pyrrole nitrogens is 2. The Labute approximate surface area is 429 Å². The lowest BCUT2D eigenvalue weighted by Crippen LogP contribution is -2.16. The zero-order valence-electron chi connectivity index (χ0n) is 43.9. The van der Waals surface area contributed by atoms with Gasteiger partial charge in [0.1, 0.15) is 0 Å². The lowest BCUT2D eigenvalue weighted by molar-refractivity contribution is -0.138. The Morgan fingerprint density at radius 1 is 0.365 bits per heavy atom. The molecule has 3 aliphatic rings. The molecule has 2 aliphatic heterocycles. The van der Waals surface area contributed by atoms with Crippen molar-refractivity contribution in [3.8, 4) is 22.3 Å².